The third-order valence-electron chi connectivity index (χ3n) is 2.66. The van der Waals surface area contributed by atoms with E-state index in [0.29, 0.717) is 16.5 Å². The van der Waals surface area contributed by atoms with Crippen LogP contribution in [0.5, 0.6) is 11.5 Å². The van der Waals surface area contributed by atoms with E-state index in [9.17, 15) is 10.1 Å². The van der Waals surface area contributed by atoms with Gasteiger partial charge in [0.2, 0.25) is 0 Å². The van der Waals surface area contributed by atoms with Crippen molar-refractivity contribution in [1.82, 2.24) is 0 Å². The largest absolute Gasteiger partial charge is 0.457 e. The molecule has 0 N–H and O–H groups in total. The van der Waals surface area contributed by atoms with Gasteiger partial charge in [0.1, 0.15) is 23.1 Å². The Morgan fingerprint density at radius 1 is 1.30 bits per heavy atom. The first kappa shape index (κ1) is 13.8. The quantitative estimate of drug-likeness (QED) is 0.626. The lowest BCUT2D eigenvalue weighted by Gasteiger charge is -2.09. The molecular formula is C14H9ClN2O3. The molecule has 0 aliphatic carbocycles. The molecule has 0 spiro atoms. The van der Waals surface area contributed by atoms with Gasteiger partial charge < -0.3 is 4.74 Å². The molecule has 0 heterocycles. The number of nitrogens with zero attached hydrogens (tertiary/aromatic N) is 2. The first-order valence-corrected chi connectivity index (χ1v) is 6.01. The summed E-state index contributed by atoms with van der Waals surface area (Å²) in [4.78, 5) is 10.1. The van der Waals surface area contributed by atoms with Gasteiger partial charge in [0.15, 0.2) is 0 Å². The number of ether oxygens (including phenoxy) is 1. The zero-order valence-corrected chi connectivity index (χ0v) is 11.2. The van der Waals surface area contributed by atoms with Crippen LogP contribution in [-0.2, 0) is 0 Å². The molecule has 100 valence electrons. The van der Waals surface area contributed by atoms with Gasteiger partial charge >= 0.3 is 0 Å². The van der Waals surface area contributed by atoms with E-state index in [1.165, 1.54) is 18.2 Å². The monoisotopic (exact) mass is 288 g/mol. The molecule has 0 radical (unpaired) electrons. The summed E-state index contributed by atoms with van der Waals surface area (Å²) in [5, 5.41) is 20.2. The molecule has 2 aromatic carbocycles. The van der Waals surface area contributed by atoms with Crippen LogP contribution in [0.15, 0.2) is 36.4 Å². The van der Waals surface area contributed by atoms with E-state index in [1.54, 1.807) is 24.3 Å². The van der Waals surface area contributed by atoms with Crippen LogP contribution in [0.2, 0.25) is 5.02 Å². The number of hydrogen-bond acceptors (Lipinski definition) is 4. The predicted molar refractivity (Wildman–Crippen MR) is 74.1 cm³/mol. The van der Waals surface area contributed by atoms with Gasteiger partial charge in [0.25, 0.3) is 5.69 Å². The number of aryl methyl sites for hydroxylation is 1. The van der Waals surface area contributed by atoms with Crippen LogP contribution in [0, 0.1) is 28.4 Å². The molecular weight excluding hydrogens is 280 g/mol. The highest BCUT2D eigenvalue weighted by atomic mass is 35.5. The summed E-state index contributed by atoms with van der Waals surface area (Å²) in [6.45, 7) is 1.85. The molecule has 0 aromatic heterocycles. The molecule has 6 heteroatoms. The number of rotatable bonds is 3. The summed E-state index contributed by atoms with van der Waals surface area (Å²) in [6, 6.07) is 11.0. The second-order valence-corrected chi connectivity index (χ2v) is 4.50. The van der Waals surface area contributed by atoms with Crippen molar-refractivity contribution in [2.24, 2.45) is 0 Å². The van der Waals surface area contributed by atoms with Gasteiger partial charge in [-0.2, -0.15) is 5.26 Å². The molecule has 20 heavy (non-hydrogen) atoms. The smallest absolute Gasteiger partial charge is 0.287 e. The van der Waals surface area contributed by atoms with E-state index < -0.39 is 4.92 Å². The van der Waals surface area contributed by atoms with Gasteiger partial charge in [-0.1, -0.05) is 17.7 Å². The third kappa shape index (κ3) is 2.87. The van der Waals surface area contributed by atoms with E-state index in [2.05, 4.69) is 0 Å². The van der Waals surface area contributed by atoms with Crippen molar-refractivity contribution in [3.8, 4) is 17.6 Å². The van der Waals surface area contributed by atoms with Gasteiger partial charge in [-0.05, 0) is 30.7 Å². The van der Waals surface area contributed by atoms with E-state index in [0.717, 1.165) is 5.56 Å². The van der Waals surface area contributed by atoms with Gasteiger partial charge in [-0.3, -0.25) is 10.1 Å². The van der Waals surface area contributed by atoms with Crippen LogP contribution in [0.25, 0.3) is 0 Å². The lowest BCUT2D eigenvalue weighted by atomic mass is 10.2. The maximum absolute atomic E-state index is 10.7. The lowest BCUT2D eigenvalue weighted by Crippen LogP contribution is -1.94. The molecule has 0 aliphatic heterocycles. The summed E-state index contributed by atoms with van der Waals surface area (Å²) < 4.78 is 5.61. The van der Waals surface area contributed by atoms with Gasteiger partial charge in [0, 0.05) is 17.2 Å². The zero-order chi connectivity index (χ0) is 14.7. The number of hydrogen-bond donors (Lipinski definition) is 0. The van der Waals surface area contributed by atoms with Crippen LogP contribution in [-0.4, -0.2) is 4.92 Å². The Balaban J connectivity index is 2.38. The van der Waals surface area contributed by atoms with Crippen molar-refractivity contribution < 1.29 is 9.66 Å². The number of nitro groups is 1. The van der Waals surface area contributed by atoms with E-state index >= 15 is 0 Å². The van der Waals surface area contributed by atoms with E-state index in [1.807, 2.05) is 6.92 Å². The van der Waals surface area contributed by atoms with Crippen LogP contribution in [0.1, 0.15) is 11.1 Å². The second kappa shape index (κ2) is 5.59. The van der Waals surface area contributed by atoms with Crippen molar-refractivity contribution in [3.63, 3.8) is 0 Å². The third-order valence-corrected chi connectivity index (χ3v) is 2.90. The van der Waals surface area contributed by atoms with Gasteiger partial charge in [0.05, 0.1) is 4.92 Å². The molecule has 0 aliphatic rings. The summed E-state index contributed by atoms with van der Waals surface area (Å²) >= 11 is 5.89. The minimum Gasteiger partial charge on any atom is -0.457 e. The molecule has 2 aromatic rings. The highest BCUT2D eigenvalue weighted by Gasteiger charge is 2.14. The van der Waals surface area contributed by atoms with Crippen molar-refractivity contribution in [3.05, 3.63) is 62.7 Å². The molecule has 0 saturated heterocycles. The number of nitro benzene ring substituents is 1. The second-order valence-electron chi connectivity index (χ2n) is 4.06. The maximum Gasteiger partial charge on any atom is 0.287 e. The topological polar surface area (TPSA) is 76.2 Å². The standard InChI is InChI=1S/C14H9ClN2O3/c1-9-2-3-11(15)7-14(9)20-12-4-5-13(17(18)19)10(6-12)8-16/h2-7H,1H3. The summed E-state index contributed by atoms with van der Waals surface area (Å²) in [7, 11) is 0. The first-order chi connectivity index (χ1) is 9.51. The average Bonchev–Trinajstić information content (AvgIpc) is 2.42. The molecule has 0 atom stereocenters. The van der Waals surface area contributed by atoms with Crippen LogP contribution in [0.4, 0.5) is 5.69 Å². The fourth-order valence-corrected chi connectivity index (χ4v) is 1.80. The Hall–Kier alpha value is -2.58. The Morgan fingerprint density at radius 2 is 2.05 bits per heavy atom. The average molecular weight is 289 g/mol. The predicted octanol–water partition coefficient (Wildman–Crippen LogP) is 4.22. The van der Waals surface area contributed by atoms with Crippen LogP contribution >= 0.6 is 11.6 Å². The molecule has 0 saturated carbocycles. The van der Waals surface area contributed by atoms with Crippen molar-refractivity contribution >= 4 is 17.3 Å². The Bertz CT molecular complexity index is 723. The fourth-order valence-electron chi connectivity index (χ4n) is 1.64. The highest BCUT2D eigenvalue weighted by molar-refractivity contribution is 6.30. The van der Waals surface area contributed by atoms with Gasteiger partial charge in [-0.25, -0.2) is 0 Å². The fraction of sp³-hybridized carbons (Fsp3) is 0.0714. The minimum atomic E-state index is -0.604. The van der Waals surface area contributed by atoms with Crippen LogP contribution in [0.3, 0.4) is 0 Å². The SMILES string of the molecule is Cc1ccc(Cl)cc1Oc1ccc([N+](=O)[O-])c(C#N)c1. The number of benzene rings is 2. The Labute approximate surface area is 120 Å². The molecule has 5 nitrogen and oxygen atoms in total. The van der Waals surface area contributed by atoms with Crippen molar-refractivity contribution in [2.45, 2.75) is 6.92 Å². The van der Waals surface area contributed by atoms with Crippen molar-refractivity contribution in [2.75, 3.05) is 0 Å². The summed E-state index contributed by atoms with van der Waals surface area (Å²) in [5.74, 6) is 0.882. The first-order valence-electron chi connectivity index (χ1n) is 5.64. The maximum atomic E-state index is 10.7. The van der Waals surface area contributed by atoms with E-state index in [-0.39, 0.29) is 11.3 Å². The lowest BCUT2D eigenvalue weighted by molar-refractivity contribution is -0.385. The summed E-state index contributed by atoms with van der Waals surface area (Å²) in [6.07, 6.45) is 0. The molecule has 0 amide bonds. The highest BCUT2D eigenvalue weighted by Crippen LogP contribution is 2.30. The molecule has 0 fully saturated rings. The number of halogens is 1. The zero-order valence-electron chi connectivity index (χ0n) is 10.5. The Morgan fingerprint density at radius 3 is 2.70 bits per heavy atom. The van der Waals surface area contributed by atoms with Crippen molar-refractivity contribution in [1.29, 1.82) is 5.26 Å². The van der Waals surface area contributed by atoms with Crippen LogP contribution < -0.4 is 4.74 Å². The van der Waals surface area contributed by atoms with Gasteiger partial charge in [-0.15, -0.1) is 0 Å². The normalized spacial score (nSPS) is 9.85. The molecule has 0 unspecified atom stereocenters. The molecule has 0 bridgehead atoms. The molecule has 2 rings (SSSR count). The number of nitriles is 1. The van der Waals surface area contributed by atoms with E-state index in [4.69, 9.17) is 21.6 Å². The Kier molecular flexibility index (Phi) is 3.87. The summed E-state index contributed by atoms with van der Waals surface area (Å²) in [5.41, 5.74) is 0.570. The minimum absolute atomic E-state index is 0.0489.